The van der Waals surface area contributed by atoms with Crippen LogP contribution in [0.1, 0.15) is 0 Å². The lowest BCUT2D eigenvalue weighted by atomic mass is 10.8. The second-order valence-corrected chi connectivity index (χ2v) is 3.83. The summed E-state index contributed by atoms with van der Waals surface area (Å²) >= 11 is 2.13. The Labute approximate surface area is 55.4 Å². The number of alkyl halides is 2. The van der Waals surface area contributed by atoms with E-state index in [-0.39, 0.29) is 0 Å². The number of halogens is 2. The van der Waals surface area contributed by atoms with Gasteiger partial charge in [-0.05, 0) is 0 Å². The topological polar surface area (TPSA) is 0 Å². The van der Waals surface area contributed by atoms with Crippen LogP contribution in [0.2, 0.25) is 0 Å². The van der Waals surface area contributed by atoms with E-state index in [0.717, 1.165) is 35.0 Å². The SMILES string of the molecule is FC1SCCSC1F. The largest absolute Gasteiger partial charge is 0.231 e. The molecule has 1 fully saturated rings. The third kappa shape index (κ3) is 1.52. The molecule has 0 saturated carbocycles. The minimum atomic E-state index is -1.28. The summed E-state index contributed by atoms with van der Waals surface area (Å²) < 4.78 is 24.3. The molecule has 48 valence electrons. The molecule has 1 saturated heterocycles. The van der Waals surface area contributed by atoms with E-state index in [1.165, 1.54) is 0 Å². The molecule has 0 spiro atoms. The zero-order valence-electron chi connectivity index (χ0n) is 4.14. The molecule has 2 atom stereocenters. The van der Waals surface area contributed by atoms with Gasteiger partial charge in [-0.3, -0.25) is 0 Å². The maximum atomic E-state index is 12.1. The van der Waals surface area contributed by atoms with Crippen molar-refractivity contribution in [3.05, 3.63) is 0 Å². The Hall–Kier alpha value is 0.560. The van der Waals surface area contributed by atoms with Crippen LogP contribution in [0.4, 0.5) is 8.78 Å². The first-order valence-electron chi connectivity index (χ1n) is 2.32. The fourth-order valence-corrected chi connectivity index (χ4v) is 2.47. The second kappa shape index (κ2) is 2.92. The highest BCUT2D eigenvalue weighted by atomic mass is 32.2. The molecular formula is C4H6F2S2. The lowest BCUT2D eigenvalue weighted by Gasteiger charge is -2.17. The Bertz CT molecular complexity index is 68.4. The van der Waals surface area contributed by atoms with E-state index >= 15 is 0 Å². The van der Waals surface area contributed by atoms with Crippen LogP contribution >= 0.6 is 23.5 Å². The van der Waals surface area contributed by atoms with Crippen LogP contribution in [-0.2, 0) is 0 Å². The lowest BCUT2D eigenvalue weighted by molar-refractivity contribution is 0.317. The molecule has 1 heterocycles. The van der Waals surface area contributed by atoms with E-state index in [1.54, 1.807) is 0 Å². The van der Waals surface area contributed by atoms with Crippen LogP contribution < -0.4 is 0 Å². The molecule has 0 bridgehead atoms. The van der Waals surface area contributed by atoms with Gasteiger partial charge < -0.3 is 0 Å². The molecule has 2 unspecified atom stereocenters. The van der Waals surface area contributed by atoms with Crippen LogP contribution in [0, 0.1) is 0 Å². The minimum Gasteiger partial charge on any atom is -0.231 e. The lowest BCUT2D eigenvalue weighted by Crippen LogP contribution is -2.16. The molecule has 0 radical (unpaired) electrons. The molecule has 0 aliphatic carbocycles. The Balaban J connectivity index is 2.28. The summed E-state index contributed by atoms with van der Waals surface area (Å²) in [4.78, 5) is 0. The van der Waals surface area contributed by atoms with Gasteiger partial charge in [0.2, 0.25) is 0 Å². The molecule has 8 heavy (non-hydrogen) atoms. The standard InChI is InChI=1S/C4H6F2S2/c5-3-4(6)8-2-1-7-3/h3-4H,1-2H2. The Kier molecular flexibility index (Phi) is 2.43. The van der Waals surface area contributed by atoms with Crippen molar-refractivity contribution >= 4 is 23.5 Å². The molecule has 0 amide bonds. The summed E-state index contributed by atoms with van der Waals surface area (Å²) in [6.45, 7) is 0. The van der Waals surface area contributed by atoms with Crippen molar-refractivity contribution in [1.82, 2.24) is 0 Å². The molecule has 4 heteroatoms. The van der Waals surface area contributed by atoms with E-state index in [9.17, 15) is 8.78 Å². The summed E-state index contributed by atoms with van der Waals surface area (Å²) in [5.74, 6) is 1.48. The summed E-state index contributed by atoms with van der Waals surface area (Å²) in [5.41, 5.74) is -2.57. The number of rotatable bonds is 0. The van der Waals surface area contributed by atoms with Gasteiger partial charge in [0.15, 0.2) is 11.0 Å². The van der Waals surface area contributed by atoms with Gasteiger partial charge in [-0.25, -0.2) is 8.78 Å². The molecule has 0 aromatic carbocycles. The molecular weight excluding hydrogens is 150 g/mol. The van der Waals surface area contributed by atoms with Gasteiger partial charge in [-0.15, -0.1) is 23.5 Å². The van der Waals surface area contributed by atoms with Gasteiger partial charge in [-0.2, -0.15) is 0 Å². The molecule has 0 nitrogen and oxygen atoms in total. The monoisotopic (exact) mass is 156 g/mol. The molecule has 0 aromatic rings. The van der Waals surface area contributed by atoms with Crippen LogP contribution in [0.25, 0.3) is 0 Å². The zero-order chi connectivity index (χ0) is 5.98. The summed E-state index contributed by atoms with van der Waals surface area (Å²) in [7, 11) is 0. The maximum absolute atomic E-state index is 12.1. The van der Waals surface area contributed by atoms with E-state index in [1.807, 2.05) is 0 Å². The van der Waals surface area contributed by atoms with Crippen LogP contribution in [0.3, 0.4) is 0 Å². The van der Waals surface area contributed by atoms with Gasteiger partial charge in [0, 0.05) is 11.5 Å². The fourth-order valence-electron chi connectivity index (χ4n) is 0.473. The fraction of sp³-hybridized carbons (Fsp3) is 1.00. The number of thioether (sulfide) groups is 2. The van der Waals surface area contributed by atoms with Crippen molar-refractivity contribution in [2.45, 2.75) is 11.0 Å². The van der Waals surface area contributed by atoms with Gasteiger partial charge >= 0.3 is 0 Å². The third-order valence-corrected chi connectivity index (χ3v) is 3.27. The van der Waals surface area contributed by atoms with Crippen molar-refractivity contribution in [3.63, 3.8) is 0 Å². The summed E-state index contributed by atoms with van der Waals surface area (Å²) in [6, 6.07) is 0. The average molecular weight is 156 g/mol. The van der Waals surface area contributed by atoms with Crippen LogP contribution in [0.15, 0.2) is 0 Å². The van der Waals surface area contributed by atoms with Gasteiger partial charge in [0.25, 0.3) is 0 Å². The first kappa shape index (κ1) is 6.68. The first-order chi connectivity index (χ1) is 3.80. The predicted molar refractivity (Wildman–Crippen MR) is 34.7 cm³/mol. The van der Waals surface area contributed by atoms with Crippen LogP contribution in [0.5, 0.6) is 0 Å². The normalized spacial score (nSPS) is 39.8. The Morgan fingerprint density at radius 2 is 1.38 bits per heavy atom. The van der Waals surface area contributed by atoms with Gasteiger partial charge in [-0.1, -0.05) is 0 Å². The molecule has 0 aromatic heterocycles. The van der Waals surface area contributed by atoms with E-state index < -0.39 is 11.0 Å². The third-order valence-electron chi connectivity index (χ3n) is 0.844. The van der Waals surface area contributed by atoms with Crippen molar-refractivity contribution in [2.24, 2.45) is 0 Å². The summed E-state index contributed by atoms with van der Waals surface area (Å²) in [6.07, 6.45) is 0. The quantitative estimate of drug-likeness (QED) is 0.526. The molecule has 1 aliphatic heterocycles. The average Bonchev–Trinajstić information content (AvgIpc) is 1.77. The van der Waals surface area contributed by atoms with Crippen molar-refractivity contribution in [3.8, 4) is 0 Å². The van der Waals surface area contributed by atoms with Gasteiger partial charge in [0.05, 0.1) is 0 Å². The first-order valence-corrected chi connectivity index (χ1v) is 4.42. The van der Waals surface area contributed by atoms with Gasteiger partial charge in [0.1, 0.15) is 0 Å². The zero-order valence-corrected chi connectivity index (χ0v) is 5.77. The highest BCUT2D eigenvalue weighted by Gasteiger charge is 2.24. The molecule has 1 aliphatic rings. The van der Waals surface area contributed by atoms with Crippen molar-refractivity contribution in [1.29, 1.82) is 0 Å². The smallest absolute Gasteiger partial charge is 0.186 e. The highest BCUT2D eigenvalue weighted by Crippen LogP contribution is 2.32. The number of hydrogen-bond donors (Lipinski definition) is 0. The minimum absolute atomic E-state index is 0.742. The predicted octanol–water partition coefficient (Wildman–Crippen LogP) is 2.06. The second-order valence-electron chi connectivity index (χ2n) is 1.44. The number of hydrogen-bond acceptors (Lipinski definition) is 2. The van der Waals surface area contributed by atoms with E-state index in [2.05, 4.69) is 0 Å². The van der Waals surface area contributed by atoms with Crippen molar-refractivity contribution in [2.75, 3.05) is 11.5 Å². The van der Waals surface area contributed by atoms with E-state index in [4.69, 9.17) is 0 Å². The van der Waals surface area contributed by atoms with E-state index in [0.29, 0.717) is 0 Å². The van der Waals surface area contributed by atoms with Crippen molar-refractivity contribution < 1.29 is 8.78 Å². The molecule has 0 N–H and O–H groups in total. The highest BCUT2D eigenvalue weighted by molar-refractivity contribution is 8.06. The Morgan fingerprint density at radius 3 is 1.62 bits per heavy atom. The van der Waals surface area contributed by atoms with Crippen LogP contribution in [-0.4, -0.2) is 22.5 Å². The maximum Gasteiger partial charge on any atom is 0.186 e. The summed E-state index contributed by atoms with van der Waals surface area (Å²) in [5, 5.41) is 0. The molecule has 1 rings (SSSR count). The Morgan fingerprint density at radius 1 is 1.00 bits per heavy atom.